The van der Waals surface area contributed by atoms with E-state index in [1.165, 1.54) is 11.4 Å². The molecule has 0 radical (unpaired) electrons. The van der Waals surface area contributed by atoms with Gasteiger partial charge in [0.15, 0.2) is 5.84 Å². The molecule has 0 aromatic carbocycles. The lowest BCUT2D eigenvalue weighted by molar-refractivity contribution is 0.215. The number of nitrogens with two attached hydrogens (primary N) is 1. The van der Waals surface area contributed by atoms with E-state index in [-0.39, 0.29) is 24.7 Å². The monoisotopic (exact) mass is 253 g/mol. The maximum absolute atomic E-state index is 11.8. The number of hydrogen-bond acceptors (Lipinski definition) is 5. The minimum atomic E-state index is -3.42. The van der Waals surface area contributed by atoms with Gasteiger partial charge in [0.05, 0.1) is 18.9 Å². The Kier molecular flexibility index (Phi) is 7.02. The van der Waals surface area contributed by atoms with Gasteiger partial charge in [0.25, 0.3) is 0 Å². The fourth-order valence-corrected chi connectivity index (χ4v) is 2.52. The summed E-state index contributed by atoms with van der Waals surface area (Å²) in [4.78, 5) is 0. The lowest BCUT2D eigenvalue weighted by Crippen LogP contribution is -2.40. The fraction of sp³-hybridized carbons (Fsp3) is 0.875. The lowest BCUT2D eigenvalue weighted by atomic mass is 10.4. The third-order valence-electron chi connectivity index (χ3n) is 1.88. The highest BCUT2D eigenvalue weighted by atomic mass is 32.2. The first-order valence-electron chi connectivity index (χ1n) is 4.91. The average Bonchev–Trinajstić information content (AvgIpc) is 2.25. The van der Waals surface area contributed by atoms with Crippen molar-refractivity contribution in [2.45, 2.75) is 13.3 Å². The van der Waals surface area contributed by atoms with Crippen LogP contribution >= 0.6 is 0 Å². The van der Waals surface area contributed by atoms with Gasteiger partial charge >= 0.3 is 0 Å². The number of amidine groups is 1. The Labute approximate surface area is 95.9 Å². The molecule has 0 saturated heterocycles. The highest BCUT2D eigenvalue weighted by Gasteiger charge is 2.21. The van der Waals surface area contributed by atoms with Crippen LogP contribution in [0.15, 0.2) is 5.16 Å². The molecule has 0 aromatic rings. The van der Waals surface area contributed by atoms with Crippen LogP contribution in [0.25, 0.3) is 0 Å². The minimum absolute atomic E-state index is 0.101. The van der Waals surface area contributed by atoms with Crippen LogP contribution in [0.2, 0.25) is 0 Å². The van der Waals surface area contributed by atoms with Gasteiger partial charge in [0.2, 0.25) is 10.0 Å². The molecular formula is C8H19N3O4S. The Bertz CT molecular complexity index is 315. The van der Waals surface area contributed by atoms with Crippen LogP contribution in [-0.2, 0) is 14.8 Å². The van der Waals surface area contributed by atoms with E-state index in [9.17, 15) is 8.42 Å². The van der Waals surface area contributed by atoms with Crippen molar-refractivity contribution >= 4 is 15.9 Å². The van der Waals surface area contributed by atoms with E-state index >= 15 is 0 Å². The van der Waals surface area contributed by atoms with Crippen LogP contribution in [0, 0.1) is 0 Å². The van der Waals surface area contributed by atoms with Crippen molar-refractivity contribution in [3.05, 3.63) is 0 Å². The maximum atomic E-state index is 11.8. The summed E-state index contributed by atoms with van der Waals surface area (Å²) in [6.07, 6.45) is 0.658. The van der Waals surface area contributed by atoms with E-state index in [2.05, 4.69) is 5.16 Å². The third kappa shape index (κ3) is 5.29. The summed E-state index contributed by atoms with van der Waals surface area (Å²) < 4.78 is 29.5. The van der Waals surface area contributed by atoms with Crippen LogP contribution in [0.5, 0.6) is 0 Å². The maximum Gasteiger partial charge on any atom is 0.216 e. The fourth-order valence-electron chi connectivity index (χ4n) is 1.10. The van der Waals surface area contributed by atoms with Gasteiger partial charge in [-0.15, -0.1) is 0 Å². The predicted octanol–water partition coefficient (Wildman–Crippen LogP) is -0.579. The molecule has 16 heavy (non-hydrogen) atoms. The topological polar surface area (TPSA) is 105 Å². The second-order valence-electron chi connectivity index (χ2n) is 3.23. The Morgan fingerprint density at radius 1 is 1.56 bits per heavy atom. The summed E-state index contributed by atoms with van der Waals surface area (Å²) in [5.74, 6) is -0.239. The van der Waals surface area contributed by atoms with Gasteiger partial charge in [0, 0.05) is 13.7 Å². The first-order valence-corrected chi connectivity index (χ1v) is 6.52. The van der Waals surface area contributed by atoms with Gasteiger partial charge in [-0.2, -0.15) is 4.31 Å². The van der Waals surface area contributed by atoms with Crippen molar-refractivity contribution in [1.82, 2.24) is 4.31 Å². The number of ether oxygens (including phenoxy) is 1. The number of nitrogens with zero attached hydrogens (tertiary/aromatic N) is 2. The predicted molar refractivity (Wildman–Crippen MR) is 60.9 cm³/mol. The van der Waals surface area contributed by atoms with Crippen LogP contribution in [0.1, 0.15) is 13.3 Å². The number of methoxy groups -OCH3 is 1. The summed E-state index contributed by atoms with van der Waals surface area (Å²) >= 11 is 0. The number of oxime groups is 1. The van der Waals surface area contributed by atoms with Crippen molar-refractivity contribution in [1.29, 1.82) is 0 Å². The first-order chi connectivity index (χ1) is 7.47. The Morgan fingerprint density at radius 3 is 2.62 bits per heavy atom. The van der Waals surface area contributed by atoms with E-state index in [0.29, 0.717) is 13.0 Å². The van der Waals surface area contributed by atoms with E-state index in [4.69, 9.17) is 15.7 Å². The van der Waals surface area contributed by atoms with Crippen molar-refractivity contribution in [3.8, 4) is 0 Å². The molecule has 0 amide bonds. The molecule has 0 bridgehead atoms. The smallest absolute Gasteiger partial charge is 0.216 e. The molecule has 0 atom stereocenters. The molecule has 0 spiro atoms. The second kappa shape index (κ2) is 7.42. The first kappa shape index (κ1) is 15.1. The molecule has 0 fully saturated rings. The van der Waals surface area contributed by atoms with E-state index in [1.54, 1.807) is 0 Å². The zero-order valence-corrected chi connectivity index (χ0v) is 10.4. The Morgan fingerprint density at radius 2 is 2.19 bits per heavy atom. The molecule has 96 valence electrons. The molecule has 0 aliphatic carbocycles. The number of sulfonamides is 1. The van der Waals surface area contributed by atoms with Gasteiger partial charge in [0.1, 0.15) is 0 Å². The summed E-state index contributed by atoms with van der Waals surface area (Å²) in [5, 5.41) is 11.2. The van der Waals surface area contributed by atoms with E-state index in [0.717, 1.165) is 0 Å². The standard InChI is InChI=1S/C8H19N3O4S/c1-3-4-11(7-8(9)10-12)16(13,14)6-5-15-2/h12H,3-7H2,1-2H3,(H2,9,10). The molecule has 8 heteroatoms. The molecule has 3 N–H and O–H groups in total. The second-order valence-corrected chi connectivity index (χ2v) is 5.32. The quantitative estimate of drug-likeness (QED) is 0.260. The third-order valence-corrected chi connectivity index (χ3v) is 3.66. The zero-order chi connectivity index (χ0) is 12.6. The largest absolute Gasteiger partial charge is 0.409 e. The van der Waals surface area contributed by atoms with Gasteiger partial charge in [-0.05, 0) is 6.42 Å². The number of rotatable bonds is 8. The van der Waals surface area contributed by atoms with Gasteiger partial charge < -0.3 is 15.7 Å². The molecule has 0 aliphatic rings. The molecule has 7 nitrogen and oxygen atoms in total. The average molecular weight is 253 g/mol. The van der Waals surface area contributed by atoms with Crippen molar-refractivity contribution in [3.63, 3.8) is 0 Å². The molecular weight excluding hydrogens is 234 g/mol. The minimum Gasteiger partial charge on any atom is -0.409 e. The van der Waals surface area contributed by atoms with Gasteiger partial charge in [-0.1, -0.05) is 12.1 Å². The molecule has 0 aliphatic heterocycles. The van der Waals surface area contributed by atoms with Gasteiger partial charge in [-0.3, -0.25) is 0 Å². The van der Waals surface area contributed by atoms with E-state index in [1.807, 2.05) is 6.92 Å². The molecule has 0 heterocycles. The van der Waals surface area contributed by atoms with Crippen molar-refractivity contribution < 1.29 is 18.4 Å². The molecule has 0 saturated carbocycles. The van der Waals surface area contributed by atoms with Crippen LogP contribution in [-0.4, -0.2) is 56.3 Å². The van der Waals surface area contributed by atoms with E-state index < -0.39 is 10.0 Å². The SMILES string of the molecule is CCCN(CC(N)=NO)S(=O)(=O)CCOC. The normalized spacial score (nSPS) is 13.3. The molecule has 0 unspecified atom stereocenters. The summed E-state index contributed by atoms with van der Waals surface area (Å²) in [7, 11) is -1.98. The van der Waals surface area contributed by atoms with Crippen molar-refractivity contribution in [2.75, 3.05) is 32.6 Å². The molecule has 0 rings (SSSR count). The summed E-state index contributed by atoms with van der Waals surface area (Å²) in [6.45, 7) is 2.21. The Hall–Kier alpha value is -0.860. The van der Waals surface area contributed by atoms with Crippen LogP contribution in [0.3, 0.4) is 0 Å². The van der Waals surface area contributed by atoms with Crippen molar-refractivity contribution in [2.24, 2.45) is 10.9 Å². The highest BCUT2D eigenvalue weighted by molar-refractivity contribution is 7.89. The summed E-state index contributed by atoms with van der Waals surface area (Å²) in [6, 6.07) is 0. The zero-order valence-electron chi connectivity index (χ0n) is 9.59. The Balaban J connectivity index is 4.62. The van der Waals surface area contributed by atoms with Crippen LogP contribution in [0.4, 0.5) is 0 Å². The highest BCUT2D eigenvalue weighted by Crippen LogP contribution is 2.03. The summed E-state index contributed by atoms with van der Waals surface area (Å²) in [5.41, 5.74) is 5.29. The number of hydrogen-bond donors (Lipinski definition) is 2. The lowest BCUT2D eigenvalue weighted by Gasteiger charge is -2.20. The van der Waals surface area contributed by atoms with Gasteiger partial charge in [-0.25, -0.2) is 8.42 Å². The van der Waals surface area contributed by atoms with Crippen LogP contribution < -0.4 is 5.73 Å². The molecule has 0 aromatic heterocycles.